The van der Waals surface area contributed by atoms with E-state index in [1.807, 2.05) is 0 Å². The highest BCUT2D eigenvalue weighted by Gasteiger charge is 2.38. The second-order valence-electron chi connectivity index (χ2n) is 3.81. The van der Waals surface area contributed by atoms with Crippen LogP contribution in [-0.2, 0) is 0 Å². The Morgan fingerprint density at radius 1 is 0.786 bits per heavy atom. The molecule has 14 heavy (non-hydrogen) atoms. The van der Waals surface area contributed by atoms with Gasteiger partial charge in [-0.3, -0.25) is 0 Å². The van der Waals surface area contributed by atoms with Crippen molar-refractivity contribution in [2.45, 2.75) is 47.7 Å². The number of rotatable bonds is 7. The van der Waals surface area contributed by atoms with E-state index >= 15 is 0 Å². The lowest BCUT2D eigenvalue weighted by atomic mass is 10.3. The fourth-order valence-electron chi connectivity index (χ4n) is 1.60. The zero-order valence-electron chi connectivity index (χ0n) is 8.77. The van der Waals surface area contributed by atoms with E-state index in [0.29, 0.717) is 0 Å². The predicted octanol–water partition coefficient (Wildman–Crippen LogP) is 4.16. The molecule has 0 radical (unpaired) electrons. The average Bonchev–Trinajstić information content (AvgIpc) is 3.08. The number of hydrogen-bond acceptors (Lipinski definition) is 4. The maximum absolute atomic E-state index is 2.31. The highest BCUT2D eigenvalue weighted by Crippen LogP contribution is 2.49. The van der Waals surface area contributed by atoms with Crippen LogP contribution in [0.2, 0.25) is 0 Å². The van der Waals surface area contributed by atoms with Crippen molar-refractivity contribution < 1.29 is 0 Å². The van der Waals surface area contributed by atoms with Crippen LogP contribution in [0.3, 0.4) is 0 Å². The second-order valence-corrected chi connectivity index (χ2v) is 9.33. The molecule has 2 fully saturated rings. The number of hydrogen-bond donors (Lipinski definition) is 0. The van der Waals surface area contributed by atoms with Gasteiger partial charge in [-0.05, 0) is 12.8 Å². The Balaban J connectivity index is 1.41. The van der Waals surface area contributed by atoms with Crippen molar-refractivity contribution in [3.63, 3.8) is 0 Å². The maximum Gasteiger partial charge on any atom is 0.0268 e. The summed E-state index contributed by atoms with van der Waals surface area (Å²) in [5, 5.41) is 3.99. The van der Waals surface area contributed by atoms with Gasteiger partial charge in [0.1, 0.15) is 0 Å². The van der Waals surface area contributed by atoms with Crippen LogP contribution in [0, 0.1) is 0 Å². The molecule has 4 heteroatoms. The summed E-state index contributed by atoms with van der Waals surface area (Å²) < 4.78 is 0. The molecule has 2 rings (SSSR count). The molecular formula is C10H18S4. The lowest BCUT2D eigenvalue weighted by Crippen LogP contribution is -1.96. The summed E-state index contributed by atoms with van der Waals surface area (Å²) in [4.78, 5) is 0. The van der Waals surface area contributed by atoms with Crippen LogP contribution in [0.25, 0.3) is 0 Å². The first-order valence-corrected chi connectivity index (χ1v) is 9.77. The molecule has 2 aliphatic heterocycles. The van der Waals surface area contributed by atoms with E-state index in [1.165, 1.54) is 24.3 Å². The molecule has 0 bridgehead atoms. The SMILES string of the molecule is CCC1SC1CSSCC1SC1CC. The van der Waals surface area contributed by atoms with E-state index in [-0.39, 0.29) is 0 Å². The Bertz CT molecular complexity index is 165. The molecule has 4 unspecified atom stereocenters. The topological polar surface area (TPSA) is 0 Å². The van der Waals surface area contributed by atoms with E-state index in [1.54, 1.807) is 0 Å². The quantitative estimate of drug-likeness (QED) is 0.385. The third-order valence-corrected chi connectivity index (χ3v) is 8.71. The molecular weight excluding hydrogens is 248 g/mol. The van der Waals surface area contributed by atoms with Crippen LogP contribution in [-0.4, -0.2) is 32.5 Å². The van der Waals surface area contributed by atoms with E-state index in [9.17, 15) is 0 Å². The monoisotopic (exact) mass is 266 g/mol. The van der Waals surface area contributed by atoms with Crippen LogP contribution in [0.1, 0.15) is 26.7 Å². The molecule has 0 aromatic rings. The molecule has 0 N–H and O–H groups in total. The predicted molar refractivity (Wildman–Crippen MR) is 75.8 cm³/mol. The molecule has 2 heterocycles. The summed E-state index contributed by atoms with van der Waals surface area (Å²) in [6.45, 7) is 4.62. The Hall–Kier alpha value is 1.40. The standard InChI is InChI=1S/C10H18S4/c1-3-7-9(13-7)5-11-12-6-10-8(4-2)14-10/h7-10H,3-6H2,1-2H3. The van der Waals surface area contributed by atoms with Gasteiger partial charge < -0.3 is 0 Å². The van der Waals surface area contributed by atoms with Crippen LogP contribution >= 0.6 is 45.1 Å². The molecule has 0 aromatic carbocycles. The fraction of sp³-hybridized carbons (Fsp3) is 1.00. The molecule has 2 aliphatic rings. The van der Waals surface area contributed by atoms with Gasteiger partial charge in [0.25, 0.3) is 0 Å². The Labute approximate surface area is 104 Å². The van der Waals surface area contributed by atoms with Crippen molar-refractivity contribution in [1.82, 2.24) is 0 Å². The molecule has 0 nitrogen and oxygen atoms in total. The first-order valence-electron chi connectivity index (χ1n) is 5.40. The fourth-order valence-corrected chi connectivity index (χ4v) is 7.46. The molecule has 2 saturated heterocycles. The van der Waals surface area contributed by atoms with Crippen molar-refractivity contribution in [2.75, 3.05) is 11.5 Å². The highest BCUT2D eigenvalue weighted by atomic mass is 33.1. The van der Waals surface area contributed by atoms with E-state index in [0.717, 1.165) is 21.0 Å². The summed E-state index contributed by atoms with van der Waals surface area (Å²) >= 11 is 4.35. The minimum Gasteiger partial charge on any atom is -0.152 e. The van der Waals surface area contributed by atoms with Gasteiger partial charge in [-0.2, -0.15) is 23.5 Å². The third kappa shape index (κ3) is 3.46. The van der Waals surface area contributed by atoms with E-state index in [4.69, 9.17) is 0 Å². The van der Waals surface area contributed by atoms with Gasteiger partial charge in [-0.15, -0.1) is 0 Å². The molecule has 0 spiro atoms. The van der Waals surface area contributed by atoms with Gasteiger partial charge in [0.2, 0.25) is 0 Å². The van der Waals surface area contributed by atoms with E-state index < -0.39 is 0 Å². The summed E-state index contributed by atoms with van der Waals surface area (Å²) in [5.74, 6) is 2.75. The summed E-state index contributed by atoms with van der Waals surface area (Å²) in [6.07, 6.45) is 2.74. The zero-order valence-corrected chi connectivity index (χ0v) is 12.0. The van der Waals surface area contributed by atoms with Gasteiger partial charge in [0.15, 0.2) is 0 Å². The van der Waals surface area contributed by atoms with Crippen LogP contribution in [0.4, 0.5) is 0 Å². The van der Waals surface area contributed by atoms with Crippen molar-refractivity contribution in [1.29, 1.82) is 0 Å². The van der Waals surface area contributed by atoms with Gasteiger partial charge in [0, 0.05) is 32.5 Å². The van der Waals surface area contributed by atoms with Gasteiger partial charge >= 0.3 is 0 Å². The molecule has 4 atom stereocenters. The minimum atomic E-state index is 0.992. The van der Waals surface area contributed by atoms with Crippen molar-refractivity contribution in [2.24, 2.45) is 0 Å². The highest BCUT2D eigenvalue weighted by molar-refractivity contribution is 8.76. The normalized spacial score (nSPS) is 39.9. The zero-order chi connectivity index (χ0) is 9.97. The van der Waals surface area contributed by atoms with Crippen LogP contribution in [0.15, 0.2) is 0 Å². The van der Waals surface area contributed by atoms with Crippen molar-refractivity contribution in [3.8, 4) is 0 Å². The Morgan fingerprint density at radius 3 is 1.50 bits per heavy atom. The molecule has 82 valence electrons. The van der Waals surface area contributed by atoms with Crippen molar-refractivity contribution >= 4 is 45.1 Å². The van der Waals surface area contributed by atoms with Crippen LogP contribution < -0.4 is 0 Å². The summed E-state index contributed by atoms with van der Waals surface area (Å²) in [7, 11) is 4.21. The largest absolute Gasteiger partial charge is 0.152 e. The van der Waals surface area contributed by atoms with Gasteiger partial charge in [-0.1, -0.05) is 35.4 Å². The van der Waals surface area contributed by atoms with Crippen LogP contribution in [0.5, 0.6) is 0 Å². The molecule has 0 aromatic heterocycles. The van der Waals surface area contributed by atoms with E-state index in [2.05, 4.69) is 59.0 Å². The average molecular weight is 267 g/mol. The Kier molecular flexibility index (Phi) is 4.79. The summed E-state index contributed by atoms with van der Waals surface area (Å²) in [5.41, 5.74) is 0. The lowest BCUT2D eigenvalue weighted by Gasteiger charge is -1.97. The van der Waals surface area contributed by atoms with Crippen molar-refractivity contribution in [3.05, 3.63) is 0 Å². The first-order chi connectivity index (χ1) is 6.85. The smallest absolute Gasteiger partial charge is 0.0268 e. The minimum absolute atomic E-state index is 0.992. The lowest BCUT2D eigenvalue weighted by molar-refractivity contribution is 0.899. The third-order valence-electron chi connectivity index (χ3n) is 2.73. The maximum atomic E-state index is 2.31. The molecule has 0 aliphatic carbocycles. The molecule has 0 amide bonds. The van der Waals surface area contributed by atoms with Gasteiger partial charge in [-0.25, -0.2) is 0 Å². The Morgan fingerprint density at radius 2 is 1.21 bits per heavy atom. The number of thioether (sulfide) groups is 2. The first kappa shape index (κ1) is 11.9. The molecule has 0 saturated carbocycles. The second kappa shape index (κ2) is 5.65. The summed E-state index contributed by atoms with van der Waals surface area (Å²) in [6, 6.07) is 0. The van der Waals surface area contributed by atoms with Gasteiger partial charge in [0.05, 0.1) is 0 Å².